The van der Waals surface area contributed by atoms with E-state index in [0.29, 0.717) is 0 Å². The predicted octanol–water partition coefficient (Wildman–Crippen LogP) is 6.29. The van der Waals surface area contributed by atoms with Crippen LogP contribution in [0.1, 0.15) is 41.2 Å². The smallest absolute Gasteiger partial charge is 0.237 e. The minimum absolute atomic E-state index is 0.0342. The summed E-state index contributed by atoms with van der Waals surface area (Å²) in [5.41, 5.74) is 7.70. The van der Waals surface area contributed by atoms with Crippen LogP contribution >= 0.6 is 11.8 Å². The van der Waals surface area contributed by atoms with Crippen molar-refractivity contribution in [2.24, 2.45) is 0 Å². The molecule has 0 aliphatic carbocycles. The first-order valence-corrected chi connectivity index (χ1v) is 10.6. The molecule has 28 heavy (non-hydrogen) atoms. The van der Waals surface area contributed by atoms with E-state index >= 15 is 0 Å². The van der Waals surface area contributed by atoms with Gasteiger partial charge in [-0.15, -0.1) is 0 Å². The first-order valence-electron chi connectivity index (χ1n) is 9.72. The number of benzene rings is 2. The predicted molar refractivity (Wildman–Crippen MR) is 120 cm³/mol. The highest BCUT2D eigenvalue weighted by atomic mass is 32.2. The number of aryl methyl sites for hydroxylation is 5. The van der Waals surface area contributed by atoms with Gasteiger partial charge in [0, 0.05) is 11.1 Å². The molecule has 0 saturated carbocycles. The van der Waals surface area contributed by atoms with E-state index in [1.807, 2.05) is 20.8 Å². The molecule has 3 aromatic rings. The highest BCUT2D eigenvalue weighted by Crippen LogP contribution is 2.30. The van der Waals surface area contributed by atoms with Gasteiger partial charge in [-0.2, -0.15) is 0 Å². The molecule has 1 unspecified atom stereocenters. The highest BCUT2D eigenvalue weighted by Gasteiger charge is 2.21. The van der Waals surface area contributed by atoms with Crippen LogP contribution in [0, 0.1) is 34.6 Å². The molecule has 0 bridgehead atoms. The summed E-state index contributed by atoms with van der Waals surface area (Å²) in [6, 6.07) is 12.5. The fourth-order valence-corrected chi connectivity index (χ4v) is 4.65. The molecule has 1 amide bonds. The molecular weight excluding hydrogens is 364 g/mol. The Morgan fingerprint density at radius 1 is 1.00 bits per heavy atom. The Hall–Kier alpha value is -2.33. The Morgan fingerprint density at radius 2 is 1.68 bits per heavy atom. The van der Waals surface area contributed by atoms with Crippen LogP contribution in [0.15, 0.2) is 41.4 Å². The third-order valence-electron chi connectivity index (χ3n) is 5.08. The number of fused-ring (bicyclic) bond motifs is 1. The van der Waals surface area contributed by atoms with Crippen molar-refractivity contribution < 1.29 is 4.79 Å². The number of aromatic nitrogens is 1. The van der Waals surface area contributed by atoms with Crippen LogP contribution in [0.2, 0.25) is 0 Å². The van der Waals surface area contributed by atoms with Crippen molar-refractivity contribution in [1.29, 1.82) is 0 Å². The van der Waals surface area contributed by atoms with Gasteiger partial charge < -0.3 is 5.32 Å². The summed E-state index contributed by atoms with van der Waals surface area (Å²) in [6.07, 6.45) is 0.743. The maximum Gasteiger partial charge on any atom is 0.237 e. The Kier molecular flexibility index (Phi) is 6.09. The summed E-state index contributed by atoms with van der Waals surface area (Å²) in [7, 11) is 0. The number of thioether (sulfide) groups is 1. The fraction of sp³-hybridized carbons (Fsp3) is 0.333. The van der Waals surface area contributed by atoms with Crippen molar-refractivity contribution in [3.8, 4) is 0 Å². The van der Waals surface area contributed by atoms with Gasteiger partial charge in [-0.3, -0.25) is 4.79 Å². The molecule has 2 aromatic carbocycles. The van der Waals surface area contributed by atoms with Crippen LogP contribution in [0.4, 0.5) is 5.69 Å². The molecule has 0 aliphatic heterocycles. The number of amides is 1. The van der Waals surface area contributed by atoms with Gasteiger partial charge in [-0.25, -0.2) is 4.98 Å². The molecule has 1 atom stereocenters. The topological polar surface area (TPSA) is 42.0 Å². The number of nitrogens with zero attached hydrogens (tertiary/aromatic N) is 1. The molecule has 0 saturated heterocycles. The highest BCUT2D eigenvalue weighted by molar-refractivity contribution is 8.00. The Balaban J connectivity index is 1.85. The molecule has 1 aromatic heterocycles. The van der Waals surface area contributed by atoms with Crippen molar-refractivity contribution in [3.05, 3.63) is 64.2 Å². The van der Waals surface area contributed by atoms with Crippen molar-refractivity contribution in [1.82, 2.24) is 4.98 Å². The van der Waals surface area contributed by atoms with Crippen molar-refractivity contribution in [3.63, 3.8) is 0 Å². The molecule has 0 radical (unpaired) electrons. The number of nitrogens with one attached hydrogen (secondary N) is 1. The normalized spacial score (nSPS) is 12.2. The zero-order chi connectivity index (χ0) is 20.4. The molecule has 0 fully saturated rings. The summed E-state index contributed by atoms with van der Waals surface area (Å²) in [5, 5.41) is 5.04. The molecule has 1 heterocycles. The van der Waals surface area contributed by atoms with Gasteiger partial charge in [0.1, 0.15) is 0 Å². The summed E-state index contributed by atoms with van der Waals surface area (Å²) < 4.78 is 0. The van der Waals surface area contributed by atoms with E-state index in [1.54, 1.807) is 11.8 Å². The fourth-order valence-electron chi connectivity index (χ4n) is 3.64. The maximum atomic E-state index is 13.0. The number of anilines is 1. The quantitative estimate of drug-likeness (QED) is 0.519. The van der Waals surface area contributed by atoms with E-state index in [-0.39, 0.29) is 11.2 Å². The van der Waals surface area contributed by atoms with E-state index in [2.05, 4.69) is 62.5 Å². The maximum absolute atomic E-state index is 13.0. The van der Waals surface area contributed by atoms with Crippen LogP contribution in [0.5, 0.6) is 0 Å². The third kappa shape index (κ3) is 4.22. The molecule has 0 spiro atoms. The number of para-hydroxylation sites is 1. The average molecular weight is 393 g/mol. The van der Waals surface area contributed by atoms with E-state index in [0.717, 1.165) is 39.3 Å². The number of hydrogen-bond donors (Lipinski definition) is 1. The SMILES string of the molecule is CCC(Sc1cc(C)c2cccc(C)c2n1)C(=O)Nc1c(C)cc(C)cc1C. The standard InChI is InChI=1S/C24H28N2OS/c1-7-20(24(27)26-22-17(5)11-14(2)12-18(22)6)28-21-13-16(4)19-10-8-9-15(3)23(19)25-21/h8-13,20H,7H2,1-6H3,(H,26,27). The second-order valence-electron chi connectivity index (χ2n) is 7.53. The molecular formula is C24H28N2OS. The lowest BCUT2D eigenvalue weighted by Crippen LogP contribution is -2.25. The second kappa shape index (κ2) is 8.36. The summed E-state index contributed by atoms with van der Waals surface area (Å²) >= 11 is 1.55. The minimum atomic E-state index is -0.187. The Bertz CT molecular complexity index is 1020. The van der Waals surface area contributed by atoms with Gasteiger partial charge in [0.2, 0.25) is 5.91 Å². The first kappa shape index (κ1) is 20.4. The zero-order valence-electron chi connectivity index (χ0n) is 17.5. The van der Waals surface area contributed by atoms with Gasteiger partial charge in [-0.05, 0) is 69.4 Å². The van der Waals surface area contributed by atoms with Gasteiger partial charge >= 0.3 is 0 Å². The Labute approximate surface area is 172 Å². The van der Waals surface area contributed by atoms with Gasteiger partial charge in [0.05, 0.1) is 15.8 Å². The van der Waals surface area contributed by atoms with Gasteiger partial charge in [0.25, 0.3) is 0 Å². The van der Waals surface area contributed by atoms with Crippen LogP contribution in [0.25, 0.3) is 10.9 Å². The molecule has 146 valence electrons. The minimum Gasteiger partial charge on any atom is -0.325 e. The van der Waals surface area contributed by atoms with Crippen molar-refractivity contribution >= 4 is 34.3 Å². The van der Waals surface area contributed by atoms with Crippen LogP contribution in [-0.2, 0) is 4.79 Å². The van der Waals surface area contributed by atoms with Crippen LogP contribution in [0.3, 0.4) is 0 Å². The zero-order valence-corrected chi connectivity index (χ0v) is 18.3. The summed E-state index contributed by atoms with van der Waals surface area (Å²) in [6.45, 7) is 12.4. The van der Waals surface area contributed by atoms with Crippen molar-refractivity contribution in [2.75, 3.05) is 5.32 Å². The van der Waals surface area contributed by atoms with Crippen LogP contribution < -0.4 is 5.32 Å². The van der Waals surface area contributed by atoms with Crippen LogP contribution in [-0.4, -0.2) is 16.1 Å². The molecule has 4 heteroatoms. The molecule has 1 N–H and O–H groups in total. The third-order valence-corrected chi connectivity index (χ3v) is 6.36. The average Bonchev–Trinajstić information content (AvgIpc) is 2.63. The molecule has 3 rings (SSSR count). The largest absolute Gasteiger partial charge is 0.325 e. The molecule has 3 nitrogen and oxygen atoms in total. The van der Waals surface area contributed by atoms with E-state index < -0.39 is 0 Å². The lowest BCUT2D eigenvalue weighted by molar-refractivity contribution is -0.115. The summed E-state index contributed by atoms with van der Waals surface area (Å²) in [4.78, 5) is 17.8. The van der Waals surface area contributed by atoms with Gasteiger partial charge in [0.15, 0.2) is 0 Å². The van der Waals surface area contributed by atoms with Crippen molar-refractivity contribution in [2.45, 2.75) is 58.2 Å². The van der Waals surface area contributed by atoms with E-state index in [9.17, 15) is 4.79 Å². The number of rotatable bonds is 5. The number of carbonyl (C=O) groups excluding carboxylic acids is 1. The van der Waals surface area contributed by atoms with E-state index in [1.165, 1.54) is 16.5 Å². The number of pyridine rings is 1. The lowest BCUT2D eigenvalue weighted by atomic mass is 10.0. The second-order valence-corrected chi connectivity index (χ2v) is 8.75. The van der Waals surface area contributed by atoms with Gasteiger partial charge in [-0.1, -0.05) is 54.6 Å². The summed E-state index contributed by atoms with van der Waals surface area (Å²) in [5.74, 6) is 0.0342. The first-order chi connectivity index (χ1) is 13.3. The Morgan fingerprint density at radius 3 is 2.32 bits per heavy atom. The monoisotopic (exact) mass is 392 g/mol. The molecule has 0 aliphatic rings. The lowest BCUT2D eigenvalue weighted by Gasteiger charge is -2.18. The van der Waals surface area contributed by atoms with E-state index in [4.69, 9.17) is 4.98 Å². The number of hydrogen-bond acceptors (Lipinski definition) is 3. The number of carbonyl (C=O) groups is 1.